The molecular formula is C11H13FN2O4S. The Hall–Kier alpha value is -1.96. The van der Waals surface area contributed by atoms with Crippen molar-refractivity contribution in [2.45, 2.75) is 11.3 Å². The van der Waals surface area contributed by atoms with E-state index in [0.29, 0.717) is 0 Å². The number of benzene rings is 1. The molecular weight excluding hydrogens is 275 g/mol. The maximum absolute atomic E-state index is 12.7. The zero-order chi connectivity index (χ0) is 14.5. The molecule has 0 fully saturated rings. The predicted octanol–water partition coefficient (Wildman–Crippen LogP) is -0.409. The highest BCUT2D eigenvalue weighted by Gasteiger charge is 2.16. The largest absolute Gasteiger partial charge is 0.368 e. The molecule has 3 N–H and O–H groups in total. The number of carbonyl (C=O) groups excluding carboxylic acids is 2. The number of nitrogens with two attached hydrogens (primary N) is 1. The highest BCUT2D eigenvalue weighted by atomic mass is 32.2. The van der Waals surface area contributed by atoms with Crippen molar-refractivity contribution in [2.75, 3.05) is 12.3 Å². The van der Waals surface area contributed by atoms with E-state index in [1.165, 1.54) is 0 Å². The van der Waals surface area contributed by atoms with Crippen LogP contribution in [0.3, 0.4) is 0 Å². The first kappa shape index (κ1) is 15.1. The molecule has 0 unspecified atom stereocenters. The summed E-state index contributed by atoms with van der Waals surface area (Å²) in [6, 6.07) is 4.32. The van der Waals surface area contributed by atoms with Gasteiger partial charge in [-0.3, -0.25) is 9.59 Å². The van der Waals surface area contributed by atoms with Crippen LogP contribution in [0.1, 0.15) is 6.42 Å². The third kappa shape index (κ3) is 5.04. The molecule has 1 aromatic carbocycles. The molecule has 0 saturated carbocycles. The topological polar surface area (TPSA) is 106 Å². The molecule has 0 aliphatic heterocycles. The number of nitrogens with one attached hydrogen (secondary N) is 1. The second-order valence-electron chi connectivity index (χ2n) is 3.77. The Morgan fingerprint density at radius 1 is 1.21 bits per heavy atom. The zero-order valence-electron chi connectivity index (χ0n) is 9.93. The van der Waals surface area contributed by atoms with E-state index >= 15 is 0 Å². The van der Waals surface area contributed by atoms with Crippen LogP contribution in [0.15, 0.2) is 29.2 Å². The van der Waals surface area contributed by atoms with Crippen LogP contribution in [-0.4, -0.2) is 32.5 Å². The Morgan fingerprint density at radius 3 is 2.32 bits per heavy atom. The molecule has 104 valence electrons. The molecule has 0 bridgehead atoms. The average molecular weight is 288 g/mol. The van der Waals surface area contributed by atoms with Gasteiger partial charge in [0.05, 0.1) is 17.2 Å². The van der Waals surface area contributed by atoms with Crippen molar-refractivity contribution in [3.8, 4) is 0 Å². The SMILES string of the molecule is NC(=O)CNC(=O)CCS(=O)(=O)c1ccc(F)cc1. The fourth-order valence-corrected chi connectivity index (χ4v) is 2.50. The molecule has 0 aromatic heterocycles. The van der Waals surface area contributed by atoms with E-state index in [1.807, 2.05) is 0 Å². The second-order valence-corrected chi connectivity index (χ2v) is 5.87. The van der Waals surface area contributed by atoms with Gasteiger partial charge in [0.2, 0.25) is 11.8 Å². The van der Waals surface area contributed by atoms with Crippen LogP contribution in [0, 0.1) is 5.82 Å². The number of amides is 2. The van der Waals surface area contributed by atoms with E-state index in [9.17, 15) is 22.4 Å². The van der Waals surface area contributed by atoms with Crippen LogP contribution < -0.4 is 11.1 Å². The van der Waals surface area contributed by atoms with Gasteiger partial charge in [-0.1, -0.05) is 0 Å². The molecule has 19 heavy (non-hydrogen) atoms. The van der Waals surface area contributed by atoms with Crippen molar-refractivity contribution in [1.29, 1.82) is 0 Å². The molecule has 8 heteroatoms. The lowest BCUT2D eigenvalue weighted by Crippen LogP contribution is -2.34. The Labute approximate surface area is 109 Å². The summed E-state index contributed by atoms with van der Waals surface area (Å²) in [4.78, 5) is 21.6. The molecule has 0 aliphatic rings. The fraction of sp³-hybridized carbons (Fsp3) is 0.273. The third-order valence-corrected chi connectivity index (χ3v) is 3.96. The Kier molecular flexibility index (Phi) is 4.99. The summed E-state index contributed by atoms with van der Waals surface area (Å²) in [5.41, 5.74) is 4.82. The molecule has 1 aromatic rings. The lowest BCUT2D eigenvalue weighted by molar-refractivity contribution is -0.124. The predicted molar refractivity (Wildman–Crippen MR) is 65.3 cm³/mol. The number of halogens is 1. The smallest absolute Gasteiger partial charge is 0.236 e. The summed E-state index contributed by atoms with van der Waals surface area (Å²) in [6.07, 6.45) is -0.299. The van der Waals surface area contributed by atoms with Crippen molar-refractivity contribution < 1.29 is 22.4 Å². The lowest BCUT2D eigenvalue weighted by atomic mass is 10.4. The molecule has 6 nitrogen and oxygen atoms in total. The number of rotatable bonds is 6. The summed E-state index contributed by atoms with van der Waals surface area (Å²) >= 11 is 0. The van der Waals surface area contributed by atoms with Gasteiger partial charge in [0.25, 0.3) is 0 Å². The number of primary amides is 1. The van der Waals surface area contributed by atoms with Gasteiger partial charge in [0.15, 0.2) is 9.84 Å². The third-order valence-electron chi connectivity index (χ3n) is 2.23. The lowest BCUT2D eigenvalue weighted by Gasteiger charge is -2.05. The van der Waals surface area contributed by atoms with Gasteiger partial charge in [0.1, 0.15) is 5.82 Å². The Bertz CT molecular complexity index is 569. The minimum absolute atomic E-state index is 0.0587. The average Bonchev–Trinajstić information content (AvgIpc) is 2.34. The van der Waals surface area contributed by atoms with Gasteiger partial charge in [0, 0.05) is 6.42 Å². The van der Waals surface area contributed by atoms with Gasteiger partial charge in [-0.05, 0) is 24.3 Å². The maximum Gasteiger partial charge on any atom is 0.236 e. The van der Waals surface area contributed by atoms with Crippen molar-refractivity contribution in [2.24, 2.45) is 5.73 Å². The molecule has 0 spiro atoms. The summed E-state index contributed by atoms with van der Waals surface area (Å²) in [5, 5.41) is 2.18. The van der Waals surface area contributed by atoms with Crippen LogP contribution in [-0.2, 0) is 19.4 Å². The first-order chi connectivity index (χ1) is 8.81. The molecule has 1 rings (SSSR count). The Morgan fingerprint density at radius 2 is 1.79 bits per heavy atom. The molecule has 0 aliphatic carbocycles. The maximum atomic E-state index is 12.7. The van der Waals surface area contributed by atoms with Crippen LogP contribution >= 0.6 is 0 Å². The van der Waals surface area contributed by atoms with E-state index in [-0.39, 0.29) is 17.9 Å². The minimum atomic E-state index is -3.65. The van der Waals surface area contributed by atoms with Crippen LogP contribution in [0.25, 0.3) is 0 Å². The van der Waals surface area contributed by atoms with E-state index in [2.05, 4.69) is 5.32 Å². The fourth-order valence-electron chi connectivity index (χ4n) is 1.26. The van der Waals surface area contributed by atoms with E-state index < -0.39 is 33.2 Å². The van der Waals surface area contributed by atoms with Crippen molar-refractivity contribution >= 4 is 21.7 Å². The van der Waals surface area contributed by atoms with E-state index in [0.717, 1.165) is 24.3 Å². The Balaban J connectivity index is 2.58. The highest BCUT2D eigenvalue weighted by Crippen LogP contribution is 2.12. The summed E-state index contributed by atoms with van der Waals surface area (Å²) < 4.78 is 36.2. The van der Waals surface area contributed by atoms with Crippen LogP contribution in [0.4, 0.5) is 4.39 Å². The summed E-state index contributed by atoms with van der Waals surface area (Å²) in [7, 11) is -3.65. The first-order valence-electron chi connectivity index (χ1n) is 5.34. The zero-order valence-corrected chi connectivity index (χ0v) is 10.7. The number of carbonyl (C=O) groups is 2. The van der Waals surface area contributed by atoms with Crippen molar-refractivity contribution in [1.82, 2.24) is 5.32 Å². The molecule has 0 radical (unpaired) electrons. The number of hydrogen-bond donors (Lipinski definition) is 2. The van der Waals surface area contributed by atoms with Crippen LogP contribution in [0.5, 0.6) is 0 Å². The van der Waals surface area contributed by atoms with Gasteiger partial charge in [-0.15, -0.1) is 0 Å². The van der Waals surface area contributed by atoms with Gasteiger partial charge in [-0.25, -0.2) is 12.8 Å². The van der Waals surface area contributed by atoms with E-state index in [1.54, 1.807) is 0 Å². The van der Waals surface area contributed by atoms with Gasteiger partial charge < -0.3 is 11.1 Å². The minimum Gasteiger partial charge on any atom is -0.368 e. The second kappa shape index (κ2) is 6.28. The van der Waals surface area contributed by atoms with Crippen molar-refractivity contribution in [3.63, 3.8) is 0 Å². The monoisotopic (exact) mass is 288 g/mol. The molecule has 0 saturated heterocycles. The number of hydrogen-bond acceptors (Lipinski definition) is 4. The normalized spacial score (nSPS) is 11.0. The highest BCUT2D eigenvalue weighted by molar-refractivity contribution is 7.91. The quantitative estimate of drug-likeness (QED) is 0.694. The van der Waals surface area contributed by atoms with E-state index in [4.69, 9.17) is 5.73 Å². The standard InChI is InChI=1S/C11H13FN2O4S/c12-8-1-3-9(4-2-8)19(17,18)6-5-11(16)14-7-10(13)15/h1-4H,5-7H2,(H2,13,15)(H,14,16). The number of sulfone groups is 1. The van der Waals surface area contributed by atoms with Crippen LogP contribution in [0.2, 0.25) is 0 Å². The molecule has 2 amide bonds. The molecule has 0 atom stereocenters. The van der Waals surface area contributed by atoms with Crippen molar-refractivity contribution in [3.05, 3.63) is 30.1 Å². The van der Waals surface area contributed by atoms with Gasteiger partial charge >= 0.3 is 0 Å². The first-order valence-corrected chi connectivity index (χ1v) is 7.00. The summed E-state index contributed by atoms with van der Waals surface area (Å²) in [5.74, 6) is -2.28. The summed E-state index contributed by atoms with van der Waals surface area (Å²) in [6.45, 7) is -0.338. The van der Waals surface area contributed by atoms with Gasteiger partial charge in [-0.2, -0.15) is 0 Å². The molecule has 0 heterocycles.